The molecule has 0 spiro atoms. The maximum Gasteiger partial charge on any atom is 0.255 e. The van der Waals surface area contributed by atoms with Crippen LogP contribution in [0.15, 0.2) is 88.9 Å². The first-order valence-corrected chi connectivity index (χ1v) is 11.0. The molecule has 2 N–H and O–H groups in total. The molecule has 8 heteroatoms. The zero-order valence-corrected chi connectivity index (χ0v) is 17.8. The van der Waals surface area contributed by atoms with Crippen molar-refractivity contribution in [3.8, 4) is 5.75 Å². The lowest BCUT2D eigenvalue weighted by Gasteiger charge is -2.21. The van der Waals surface area contributed by atoms with E-state index in [1.807, 2.05) is 25.1 Å². The van der Waals surface area contributed by atoms with E-state index in [1.165, 1.54) is 30.5 Å². The number of nitrogens with one attached hydrogen (secondary N) is 1. The topological polar surface area (TPSA) is 99.1 Å². The first-order chi connectivity index (χ1) is 14.8. The number of hydrogen-bond acceptors (Lipinski definition) is 5. The van der Waals surface area contributed by atoms with Gasteiger partial charge in [0.05, 0.1) is 17.7 Å². The number of benzene rings is 3. The molecule has 160 valence electrons. The van der Waals surface area contributed by atoms with Gasteiger partial charge in [0.2, 0.25) is 10.0 Å². The average Bonchev–Trinajstić information content (AvgIpc) is 2.74. The van der Waals surface area contributed by atoms with Crippen molar-refractivity contribution in [1.82, 2.24) is 9.73 Å². The van der Waals surface area contributed by atoms with E-state index >= 15 is 0 Å². The number of hydrogen-bond donors (Lipinski definition) is 2. The number of phenolic OH excluding ortho intramolecular Hbond substituents is 1. The molecule has 0 saturated heterocycles. The zero-order chi connectivity index (χ0) is 22.3. The van der Waals surface area contributed by atoms with E-state index < -0.39 is 22.5 Å². The number of phenols is 1. The van der Waals surface area contributed by atoms with Crippen molar-refractivity contribution in [1.29, 1.82) is 0 Å². The summed E-state index contributed by atoms with van der Waals surface area (Å²) in [6.07, 6.45) is 1.37. The third-order valence-corrected chi connectivity index (χ3v) is 6.26. The van der Waals surface area contributed by atoms with E-state index in [4.69, 9.17) is 0 Å². The van der Waals surface area contributed by atoms with Crippen LogP contribution in [0.4, 0.5) is 0 Å². The van der Waals surface area contributed by atoms with Gasteiger partial charge in [-0.2, -0.15) is 9.41 Å². The fraction of sp³-hybridized carbons (Fsp3) is 0.130. The number of amides is 1. The molecular formula is C23H23N3O4S. The van der Waals surface area contributed by atoms with E-state index in [0.29, 0.717) is 5.56 Å². The molecule has 0 fully saturated rings. The molecule has 0 heterocycles. The molecule has 7 nitrogen and oxygen atoms in total. The van der Waals surface area contributed by atoms with Gasteiger partial charge < -0.3 is 5.11 Å². The van der Waals surface area contributed by atoms with Crippen molar-refractivity contribution < 1.29 is 18.3 Å². The molecule has 3 rings (SSSR count). The number of hydrazone groups is 1. The smallest absolute Gasteiger partial charge is 0.255 e. The molecular weight excluding hydrogens is 414 g/mol. The first-order valence-electron chi connectivity index (χ1n) is 9.56. The summed E-state index contributed by atoms with van der Waals surface area (Å²) in [6, 6.07) is 21.9. The van der Waals surface area contributed by atoms with Crippen molar-refractivity contribution in [2.45, 2.75) is 18.4 Å². The standard InChI is InChI=1S/C23H23N3O4S/c1-18-10-12-22(13-11-18)31(29,30)26(16-19-6-3-2-4-7-19)17-23(28)25-24-15-20-8-5-9-21(27)14-20/h2-15,27H,16-17H2,1H3,(H,25,28)/b24-15-. The van der Waals surface area contributed by atoms with Gasteiger partial charge in [0.25, 0.3) is 5.91 Å². The van der Waals surface area contributed by atoms with Gasteiger partial charge in [-0.15, -0.1) is 0 Å². The van der Waals surface area contributed by atoms with E-state index in [1.54, 1.807) is 36.4 Å². The molecule has 3 aromatic carbocycles. The lowest BCUT2D eigenvalue weighted by molar-refractivity contribution is -0.121. The molecule has 0 aliphatic rings. The van der Waals surface area contributed by atoms with Gasteiger partial charge in [-0.05, 0) is 42.3 Å². The summed E-state index contributed by atoms with van der Waals surface area (Å²) >= 11 is 0. The van der Waals surface area contributed by atoms with Crippen LogP contribution >= 0.6 is 0 Å². The largest absolute Gasteiger partial charge is 0.508 e. The monoisotopic (exact) mass is 437 g/mol. The Balaban J connectivity index is 1.77. The van der Waals surface area contributed by atoms with Crippen molar-refractivity contribution in [2.75, 3.05) is 6.54 Å². The number of aryl methyl sites for hydroxylation is 1. The second-order valence-electron chi connectivity index (χ2n) is 6.96. The Morgan fingerprint density at radius 1 is 1.03 bits per heavy atom. The Kier molecular flexibility index (Phi) is 7.17. The van der Waals surface area contributed by atoms with Gasteiger partial charge in [-0.25, -0.2) is 13.8 Å². The number of sulfonamides is 1. The van der Waals surface area contributed by atoms with Crippen LogP contribution in [0, 0.1) is 6.92 Å². The quantitative estimate of drug-likeness (QED) is 0.418. The maximum absolute atomic E-state index is 13.2. The van der Waals surface area contributed by atoms with Gasteiger partial charge in [0, 0.05) is 6.54 Å². The van der Waals surface area contributed by atoms with Gasteiger partial charge in [0.1, 0.15) is 5.75 Å². The second-order valence-corrected chi connectivity index (χ2v) is 8.90. The van der Waals surface area contributed by atoms with Crippen LogP contribution in [0.2, 0.25) is 0 Å². The van der Waals surface area contributed by atoms with Crippen LogP contribution < -0.4 is 5.43 Å². The predicted molar refractivity (Wildman–Crippen MR) is 119 cm³/mol. The number of rotatable bonds is 8. The van der Waals surface area contributed by atoms with Crippen molar-refractivity contribution in [2.24, 2.45) is 5.10 Å². The molecule has 0 saturated carbocycles. The normalized spacial score (nSPS) is 11.7. The fourth-order valence-corrected chi connectivity index (χ4v) is 4.24. The van der Waals surface area contributed by atoms with E-state index in [-0.39, 0.29) is 17.2 Å². The molecule has 3 aromatic rings. The van der Waals surface area contributed by atoms with Crippen molar-refractivity contribution >= 4 is 22.1 Å². The third-order valence-electron chi connectivity index (χ3n) is 4.45. The summed E-state index contributed by atoms with van der Waals surface area (Å²) in [5, 5.41) is 13.3. The Labute approximate surface area is 181 Å². The summed E-state index contributed by atoms with van der Waals surface area (Å²) in [7, 11) is -3.91. The lowest BCUT2D eigenvalue weighted by Crippen LogP contribution is -2.39. The lowest BCUT2D eigenvalue weighted by atomic mass is 10.2. The molecule has 0 aromatic heterocycles. The van der Waals surface area contributed by atoms with Crippen molar-refractivity contribution in [3.05, 3.63) is 95.6 Å². The Hall–Kier alpha value is -3.49. The summed E-state index contributed by atoms with van der Waals surface area (Å²) in [6.45, 7) is 1.51. The maximum atomic E-state index is 13.2. The van der Waals surface area contributed by atoms with E-state index in [2.05, 4.69) is 10.5 Å². The highest BCUT2D eigenvalue weighted by atomic mass is 32.2. The van der Waals surface area contributed by atoms with Gasteiger partial charge in [0.15, 0.2) is 0 Å². The van der Waals surface area contributed by atoms with Crippen LogP contribution in [0.25, 0.3) is 0 Å². The summed E-state index contributed by atoms with van der Waals surface area (Å²) in [4.78, 5) is 12.6. The van der Waals surface area contributed by atoms with E-state index in [0.717, 1.165) is 15.4 Å². The Morgan fingerprint density at radius 3 is 2.42 bits per heavy atom. The van der Waals surface area contributed by atoms with Crippen LogP contribution in [-0.2, 0) is 21.4 Å². The minimum Gasteiger partial charge on any atom is -0.508 e. The molecule has 0 bridgehead atoms. The van der Waals surface area contributed by atoms with E-state index in [9.17, 15) is 18.3 Å². The predicted octanol–water partition coefficient (Wildman–Crippen LogP) is 3.04. The zero-order valence-electron chi connectivity index (χ0n) is 17.0. The second kappa shape index (κ2) is 10.0. The van der Waals surface area contributed by atoms with Gasteiger partial charge in [-0.3, -0.25) is 4.79 Å². The molecule has 31 heavy (non-hydrogen) atoms. The highest BCUT2D eigenvalue weighted by Crippen LogP contribution is 2.19. The van der Waals surface area contributed by atoms with Gasteiger partial charge in [-0.1, -0.05) is 60.2 Å². The number of nitrogens with zero attached hydrogens (tertiary/aromatic N) is 2. The van der Waals surface area contributed by atoms with Crippen LogP contribution in [0.3, 0.4) is 0 Å². The minimum absolute atomic E-state index is 0.0424. The molecule has 0 aliphatic heterocycles. The summed E-state index contributed by atoms with van der Waals surface area (Å²) in [5.41, 5.74) is 4.63. The molecule has 0 atom stereocenters. The highest BCUT2D eigenvalue weighted by Gasteiger charge is 2.26. The fourth-order valence-electron chi connectivity index (χ4n) is 2.85. The summed E-state index contributed by atoms with van der Waals surface area (Å²) < 4.78 is 27.5. The highest BCUT2D eigenvalue weighted by molar-refractivity contribution is 7.89. The molecule has 0 unspecified atom stereocenters. The third kappa shape index (κ3) is 6.24. The Morgan fingerprint density at radius 2 is 1.74 bits per heavy atom. The van der Waals surface area contributed by atoms with Crippen LogP contribution in [-0.4, -0.2) is 36.5 Å². The Bertz CT molecular complexity index is 1160. The number of carbonyl (C=O) groups excluding carboxylic acids is 1. The van der Waals surface area contributed by atoms with Crippen LogP contribution in [0.1, 0.15) is 16.7 Å². The minimum atomic E-state index is -3.91. The molecule has 0 radical (unpaired) electrons. The summed E-state index contributed by atoms with van der Waals surface area (Å²) in [5.74, 6) is -0.503. The number of carbonyl (C=O) groups is 1. The van der Waals surface area contributed by atoms with Crippen LogP contribution in [0.5, 0.6) is 5.75 Å². The SMILES string of the molecule is Cc1ccc(S(=O)(=O)N(CC(=O)N/N=C\c2cccc(O)c2)Cc2ccccc2)cc1. The molecule has 0 aliphatic carbocycles. The van der Waals surface area contributed by atoms with Crippen molar-refractivity contribution in [3.63, 3.8) is 0 Å². The average molecular weight is 438 g/mol. The van der Waals surface area contributed by atoms with Gasteiger partial charge >= 0.3 is 0 Å². The number of aromatic hydroxyl groups is 1. The first kappa shape index (κ1) is 22.2. The molecule has 1 amide bonds.